The summed E-state index contributed by atoms with van der Waals surface area (Å²) in [7, 11) is 0. The minimum atomic E-state index is -0.124. The normalized spacial score (nSPS) is 12.6. The standard InChI is InChI=1S/C26H22N2O3S/c1-17-8-9-18(2)25-24(17)27-26(32-25)28(15-20-6-4-3-5-7-20)23(29)13-11-19-10-12-21-22(14-19)31-16-30-21/h3-14H,15-16H2,1-2H3/b13-11+. The Morgan fingerprint density at radius 2 is 1.81 bits per heavy atom. The van der Waals surface area contributed by atoms with E-state index in [9.17, 15) is 4.79 Å². The smallest absolute Gasteiger partial charge is 0.253 e. The molecule has 4 aromatic rings. The molecule has 0 N–H and O–H groups in total. The number of nitrogens with zero attached hydrogens (tertiary/aromatic N) is 2. The van der Waals surface area contributed by atoms with Gasteiger partial charge in [0.05, 0.1) is 16.8 Å². The lowest BCUT2D eigenvalue weighted by atomic mass is 10.1. The second-order valence-electron chi connectivity index (χ2n) is 7.73. The van der Waals surface area contributed by atoms with Crippen molar-refractivity contribution in [3.63, 3.8) is 0 Å². The fourth-order valence-electron chi connectivity index (χ4n) is 3.64. The van der Waals surface area contributed by atoms with Crippen molar-refractivity contribution in [2.45, 2.75) is 20.4 Å². The molecular weight excluding hydrogens is 420 g/mol. The third-order valence-corrected chi connectivity index (χ3v) is 6.64. The van der Waals surface area contributed by atoms with Crippen molar-refractivity contribution >= 4 is 38.7 Å². The first-order valence-electron chi connectivity index (χ1n) is 10.4. The van der Waals surface area contributed by atoms with Crippen LogP contribution in [0.4, 0.5) is 5.13 Å². The first-order chi connectivity index (χ1) is 15.6. The van der Waals surface area contributed by atoms with E-state index in [1.54, 1.807) is 28.4 Å². The largest absolute Gasteiger partial charge is 0.454 e. The molecular formula is C26H22N2O3S. The number of rotatable bonds is 5. The van der Waals surface area contributed by atoms with E-state index in [1.807, 2.05) is 55.5 Å². The van der Waals surface area contributed by atoms with Crippen LogP contribution in [0.15, 0.2) is 66.7 Å². The zero-order valence-electron chi connectivity index (χ0n) is 17.9. The molecule has 1 aromatic heterocycles. The van der Waals surface area contributed by atoms with Gasteiger partial charge in [-0.05, 0) is 54.3 Å². The number of thiazole rings is 1. The molecule has 32 heavy (non-hydrogen) atoms. The second kappa shape index (κ2) is 8.48. The van der Waals surface area contributed by atoms with Gasteiger partial charge in [-0.15, -0.1) is 0 Å². The van der Waals surface area contributed by atoms with E-state index >= 15 is 0 Å². The minimum Gasteiger partial charge on any atom is -0.454 e. The van der Waals surface area contributed by atoms with Crippen LogP contribution in [-0.2, 0) is 11.3 Å². The molecule has 1 aliphatic heterocycles. The van der Waals surface area contributed by atoms with Gasteiger partial charge in [-0.3, -0.25) is 9.69 Å². The summed E-state index contributed by atoms with van der Waals surface area (Å²) in [5.41, 5.74) is 5.15. The molecule has 3 aromatic carbocycles. The number of hydrogen-bond donors (Lipinski definition) is 0. The SMILES string of the molecule is Cc1ccc(C)c2sc(N(Cc3ccccc3)C(=O)/C=C/c3ccc4c(c3)OCO4)nc12. The topological polar surface area (TPSA) is 51.7 Å². The number of aryl methyl sites for hydroxylation is 2. The number of amides is 1. The first kappa shape index (κ1) is 20.3. The summed E-state index contributed by atoms with van der Waals surface area (Å²) in [6, 6.07) is 19.8. The van der Waals surface area contributed by atoms with Gasteiger partial charge in [0.1, 0.15) is 0 Å². The van der Waals surface area contributed by atoms with Crippen molar-refractivity contribution in [1.29, 1.82) is 0 Å². The molecule has 0 aliphatic carbocycles. The maximum atomic E-state index is 13.4. The minimum absolute atomic E-state index is 0.124. The van der Waals surface area contributed by atoms with Crippen LogP contribution >= 0.6 is 11.3 Å². The molecule has 0 saturated heterocycles. The lowest BCUT2D eigenvalue weighted by Crippen LogP contribution is -2.28. The molecule has 0 radical (unpaired) electrons. The van der Waals surface area contributed by atoms with Gasteiger partial charge in [-0.1, -0.05) is 59.9 Å². The highest BCUT2D eigenvalue weighted by atomic mass is 32.1. The van der Waals surface area contributed by atoms with E-state index in [1.165, 1.54) is 0 Å². The molecule has 0 spiro atoms. The molecule has 0 fully saturated rings. The van der Waals surface area contributed by atoms with E-state index in [0.29, 0.717) is 17.4 Å². The van der Waals surface area contributed by atoms with Gasteiger partial charge in [0.25, 0.3) is 5.91 Å². The lowest BCUT2D eigenvalue weighted by Gasteiger charge is -2.18. The van der Waals surface area contributed by atoms with Crippen LogP contribution in [0.2, 0.25) is 0 Å². The Labute approximate surface area is 190 Å². The summed E-state index contributed by atoms with van der Waals surface area (Å²) >= 11 is 1.56. The Hall–Kier alpha value is -3.64. The first-order valence-corrected chi connectivity index (χ1v) is 11.2. The van der Waals surface area contributed by atoms with Gasteiger partial charge in [0.2, 0.25) is 6.79 Å². The van der Waals surface area contributed by atoms with E-state index in [2.05, 4.69) is 19.1 Å². The van der Waals surface area contributed by atoms with Gasteiger partial charge < -0.3 is 9.47 Å². The highest BCUT2D eigenvalue weighted by molar-refractivity contribution is 7.22. The summed E-state index contributed by atoms with van der Waals surface area (Å²) in [5, 5.41) is 0.696. The van der Waals surface area contributed by atoms with Crippen LogP contribution in [0.25, 0.3) is 16.3 Å². The molecule has 0 unspecified atom stereocenters. The summed E-state index contributed by atoms with van der Waals surface area (Å²) in [4.78, 5) is 19.9. The molecule has 1 aliphatic rings. The van der Waals surface area contributed by atoms with Crippen molar-refractivity contribution in [1.82, 2.24) is 4.98 Å². The van der Waals surface area contributed by atoms with Crippen LogP contribution in [0.5, 0.6) is 11.5 Å². The van der Waals surface area contributed by atoms with Gasteiger partial charge in [-0.2, -0.15) is 0 Å². The molecule has 2 heterocycles. The zero-order valence-corrected chi connectivity index (χ0v) is 18.7. The predicted molar refractivity (Wildman–Crippen MR) is 128 cm³/mol. The number of ether oxygens (including phenoxy) is 2. The number of benzene rings is 3. The molecule has 0 atom stereocenters. The number of fused-ring (bicyclic) bond motifs is 2. The third kappa shape index (κ3) is 3.97. The Morgan fingerprint density at radius 1 is 1.03 bits per heavy atom. The van der Waals surface area contributed by atoms with Gasteiger partial charge in [0.15, 0.2) is 16.6 Å². The van der Waals surface area contributed by atoms with E-state index in [0.717, 1.165) is 38.2 Å². The molecule has 0 saturated carbocycles. The summed E-state index contributed by atoms with van der Waals surface area (Å²) in [6.45, 7) is 4.80. The third-order valence-electron chi connectivity index (χ3n) is 5.43. The van der Waals surface area contributed by atoms with Crippen LogP contribution in [0.3, 0.4) is 0 Å². The molecule has 0 bridgehead atoms. The van der Waals surface area contributed by atoms with Crippen LogP contribution < -0.4 is 14.4 Å². The van der Waals surface area contributed by atoms with E-state index in [4.69, 9.17) is 14.5 Å². The van der Waals surface area contributed by atoms with Gasteiger partial charge in [-0.25, -0.2) is 4.98 Å². The maximum Gasteiger partial charge on any atom is 0.253 e. The molecule has 5 rings (SSSR count). The van der Waals surface area contributed by atoms with Crippen molar-refractivity contribution in [3.05, 3.63) is 89.0 Å². The Balaban J connectivity index is 1.49. The fourth-order valence-corrected chi connectivity index (χ4v) is 4.76. The van der Waals surface area contributed by atoms with Crippen molar-refractivity contribution in [2.24, 2.45) is 0 Å². The van der Waals surface area contributed by atoms with Crippen molar-refractivity contribution in [3.8, 4) is 11.5 Å². The van der Waals surface area contributed by atoms with Gasteiger partial charge >= 0.3 is 0 Å². The highest BCUT2D eigenvalue weighted by Gasteiger charge is 2.20. The molecule has 160 valence electrons. The number of carbonyl (C=O) groups excluding carboxylic acids is 1. The van der Waals surface area contributed by atoms with E-state index in [-0.39, 0.29) is 12.7 Å². The highest BCUT2D eigenvalue weighted by Crippen LogP contribution is 2.35. The Bertz CT molecular complexity index is 1290. The Kier molecular flexibility index (Phi) is 5.37. The summed E-state index contributed by atoms with van der Waals surface area (Å²) in [5.74, 6) is 1.29. The fraction of sp³-hybridized carbons (Fsp3) is 0.154. The summed E-state index contributed by atoms with van der Waals surface area (Å²) < 4.78 is 11.9. The monoisotopic (exact) mass is 442 g/mol. The molecule has 5 nitrogen and oxygen atoms in total. The molecule has 6 heteroatoms. The van der Waals surface area contributed by atoms with Crippen LogP contribution in [0.1, 0.15) is 22.3 Å². The quantitative estimate of drug-likeness (QED) is 0.362. The molecule has 1 amide bonds. The predicted octanol–water partition coefficient (Wildman–Crippen LogP) is 5.89. The number of aromatic nitrogens is 1. The maximum absolute atomic E-state index is 13.4. The van der Waals surface area contributed by atoms with Gasteiger partial charge in [0, 0.05) is 6.08 Å². The summed E-state index contributed by atoms with van der Waals surface area (Å²) in [6.07, 6.45) is 3.39. The average Bonchev–Trinajstić information content (AvgIpc) is 3.46. The zero-order chi connectivity index (χ0) is 22.1. The number of hydrogen-bond acceptors (Lipinski definition) is 5. The van der Waals surface area contributed by atoms with E-state index < -0.39 is 0 Å². The number of anilines is 1. The second-order valence-corrected chi connectivity index (χ2v) is 8.71. The van der Waals surface area contributed by atoms with Crippen molar-refractivity contribution < 1.29 is 14.3 Å². The number of carbonyl (C=O) groups is 1. The van der Waals surface area contributed by atoms with Crippen LogP contribution in [0, 0.1) is 13.8 Å². The average molecular weight is 443 g/mol. The van der Waals surface area contributed by atoms with Crippen LogP contribution in [-0.4, -0.2) is 17.7 Å². The lowest BCUT2D eigenvalue weighted by molar-refractivity contribution is -0.114. The van der Waals surface area contributed by atoms with Crippen molar-refractivity contribution in [2.75, 3.05) is 11.7 Å². The Morgan fingerprint density at radius 3 is 2.62 bits per heavy atom.